The molecule has 0 aromatic rings. The van der Waals surface area contributed by atoms with Gasteiger partial charge in [0.05, 0.1) is 12.7 Å². The molecule has 2 aliphatic heterocycles. The molecular formula is C16H31ClN2O3. The summed E-state index contributed by atoms with van der Waals surface area (Å²) in [5, 5.41) is 3.21. The Bertz CT molecular complexity index is 323. The normalized spacial score (nSPS) is 27.1. The quantitative estimate of drug-likeness (QED) is 0.805. The molecule has 1 N–H and O–H groups in total. The predicted octanol–water partition coefficient (Wildman–Crippen LogP) is 1.84. The second kappa shape index (κ2) is 10.4. The molecule has 0 spiro atoms. The van der Waals surface area contributed by atoms with E-state index in [2.05, 4.69) is 5.32 Å². The van der Waals surface area contributed by atoms with Crippen molar-refractivity contribution in [3.05, 3.63) is 0 Å². The van der Waals surface area contributed by atoms with Gasteiger partial charge in [0.15, 0.2) is 0 Å². The molecule has 2 aliphatic rings. The van der Waals surface area contributed by atoms with Gasteiger partial charge in [0.25, 0.3) is 5.91 Å². The fraction of sp³-hybridized carbons (Fsp3) is 0.938. The highest BCUT2D eigenvalue weighted by atomic mass is 35.5. The third-order valence-electron chi connectivity index (χ3n) is 4.48. The van der Waals surface area contributed by atoms with Crippen molar-refractivity contribution in [1.29, 1.82) is 0 Å². The topological polar surface area (TPSA) is 50.8 Å². The van der Waals surface area contributed by atoms with E-state index in [-0.39, 0.29) is 30.5 Å². The molecule has 0 radical (unpaired) electrons. The average molecular weight is 335 g/mol. The molecule has 22 heavy (non-hydrogen) atoms. The molecule has 2 saturated heterocycles. The molecule has 0 aromatic heterocycles. The molecule has 3 atom stereocenters. The maximum Gasteiger partial charge on any atom is 0.251 e. The summed E-state index contributed by atoms with van der Waals surface area (Å²) in [5.74, 6) is 0.702. The first kappa shape index (κ1) is 19.7. The lowest BCUT2D eigenvalue weighted by Crippen LogP contribution is -2.47. The monoisotopic (exact) mass is 334 g/mol. The van der Waals surface area contributed by atoms with Gasteiger partial charge in [-0.25, -0.2) is 0 Å². The molecule has 2 fully saturated rings. The first-order chi connectivity index (χ1) is 10.2. The fourth-order valence-electron chi connectivity index (χ4n) is 3.24. The summed E-state index contributed by atoms with van der Waals surface area (Å²) in [6, 6.07) is 0. The Morgan fingerprint density at radius 2 is 2.18 bits per heavy atom. The van der Waals surface area contributed by atoms with Gasteiger partial charge in [0, 0.05) is 19.7 Å². The van der Waals surface area contributed by atoms with Crippen LogP contribution in [0.15, 0.2) is 0 Å². The van der Waals surface area contributed by atoms with E-state index in [0.717, 1.165) is 45.5 Å². The van der Waals surface area contributed by atoms with Crippen molar-refractivity contribution in [3.63, 3.8) is 0 Å². The van der Waals surface area contributed by atoms with E-state index in [9.17, 15) is 4.79 Å². The van der Waals surface area contributed by atoms with Crippen LogP contribution in [0, 0.1) is 5.92 Å². The molecule has 5 nitrogen and oxygen atoms in total. The predicted molar refractivity (Wildman–Crippen MR) is 89.5 cm³/mol. The van der Waals surface area contributed by atoms with Crippen molar-refractivity contribution in [3.8, 4) is 0 Å². The summed E-state index contributed by atoms with van der Waals surface area (Å²) in [5.41, 5.74) is 0. The van der Waals surface area contributed by atoms with Gasteiger partial charge in [0.2, 0.25) is 0 Å². The van der Waals surface area contributed by atoms with Gasteiger partial charge in [-0.05, 0) is 58.5 Å². The van der Waals surface area contributed by atoms with Crippen LogP contribution in [0.3, 0.4) is 0 Å². The van der Waals surface area contributed by atoms with Crippen LogP contribution in [0.25, 0.3) is 0 Å². The Labute approximate surface area is 140 Å². The number of amides is 1. The second-order valence-corrected chi connectivity index (χ2v) is 6.31. The van der Waals surface area contributed by atoms with Gasteiger partial charge < -0.3 is 19.7 Å². The summed E-state index contributed by atoms with van der Waals surface area (Å²) >= 11 is 0. The highest BCUT2D eigenvalue weighted by Crippen LogP contribution is 2.18. The zero-order valence-corrected chi connectivity index (χ0v) is 14.7. The van der Waals surface area contributed by atoms with Crippen molar-refractivity contribution < 1.29 is 14.3 Å². The van der Waals surface area contributed by atoms with E-state index in [1.165, 1.54) is 12.8 Å². The fourth-order valence-corrected chi connectivity index (χ4v) is 3.24. The highest BCUT2D eigenvalue weighted by Gasteiger charge is 2.27. The Balaban J connectivity index is 0.00000242. The lowest BCUT2D eigenvalue weighted by Gasteiger charge is -2.34. The zero-order valence-electron chi connectivity index (χ0n) is 13.9. The van der Waals surface area contributed by atoms with E-state index < -0.39 is 0 Å². The third kappa shape index (κ3) is 6.03. The van der Waals surface area contributed by atoms with E-state index in [1.54, 1.807) is 0 Å². The van der Waals surface area contributed by atoms with Crippen molar-refractivity contribution in [2.45, 2.75) is 51.2 Å². The number of piperidine rings is 1. The van der Waals surface area contributed by atoms with Crippen molar-refractivity contribution in [2.75, 3.05) is 39.9 Å². The average Bonchev–Trinajstić information content (AvgIpc) is 2.53. The van der Waals surface area contributed by atoms with Crippen LogP contribution in [-0.4, -0.2) is 62.9 Å². The van der Waals surface area contributed by atoms with Gasteiger partial charge in [-0.3, -0.25) is 4.79 Å². The van der Waals surface area contributed by atoms with Crippen LogP contribution in [0.1, 0.15) is 39.0 Å². The number of ether oxygens (including phenoxy) is 2. The largest absolute Gasteiger partial charge is 0.376 e. The highest BCUT2D eigenvalue weighted by molar-refractivity contribution is 5.85. The van der Waals surface area contributed by atoms with E-state index in [4.69, 9.17) is 9.47 Å². The van der Waals surface area contributed by atoms with Gasteiger partial charge >= 0.3 is 0 Å². The Morgan fingerprint density at radius 1 is 1.36 bits per heavy atom. The molecule has 0 aromatic carbocycles. The van der Waals surface area contributed by atoms with Crippen LogP contribution in [0.5, 0.6) is 0 Å². The van der Waals surface area contributed by atoms with Gasteiger partial charge in [-0.2, -0.15) is 0 Å². The number of hydrogen-bond donors (Lipinski definition) is 1. The standard InChI is InChI=1S/C16H30N2O3.ClH/c1-13(21-12-15-7-3-4-9-20-15)16(19)18-8-5-6-14(11-18)10-17-2;/h13-15,17H,3-12H2,1-2H3;1H. The number of carbonyl (C=O) groups is 1. The van der Waals surface area contributed by atoms with Crippen LogP contribution in [-0.2, 0) is 14.3 Å². The minimum Gasteiger partial charge on any atom is -0.376 e. The molecule has 130 valence electrons. The zero-order chi connectivity index (χ0) is 15.1. The number of nitrogens with one attached hydrogen (secondary N) is 1. The number of nitrogens with zero attached hydrogens (tertiary/aromatic N) is 1. The summed E-state index contributed by atoms with van der Waals surface area (Å²) in [6.07, 6.45) is 5.51. The van der Waals surface area contributed by atoms with Crippen LogP contribution in [0.4, 0.5) is 0 Å². The van der Waals surface area contributed by atoms with Gasteiger partial charge in [-0.1, -0.05) is 0 Å². The molecule has 2 rings (SSSR count). The lowest BCUT2D eigenvalue weighted by atomic mass is 9.97. The molecule has 0 aliphatic carbocycles. The van der Waals surface area contributed by atoms with E-state index in [1.807, 2.05) is 18.9 Å². The Morgan fingerprint density at radius 3 is 2.86 bits per heavy atom. The number of rotatable bonds is 6. The SMILES string of the molecule is CNCC1CCCN(C(=O)C(C)OCC2CCCCO2)C1.Cl. The summed E-state index contributed by atoms with van der Waals surface area (Å²) in [4.78, 5) is 14.4. The van der Waals surface area contributed by atoms with Crippen molar-refractivity contribution in [1.82, 2.24) is 10.2 Å². The van der Waals surface area contributed by atoms with Crippen molar-refractivity contribution >= 4 is 18.3 Å². The molecular weight excluding hydrogens is 304 g/mol. The minimum atomic E-state index is -0.358. The Hall–Kier alpha value is -0.360. The number of likely N-dealkylation sites (tertiary alicyclic amines) is 1. The van der Waals surface area contributed by atoms with E-state index >= 15 is 0 Å². The van der Waals surface area contributed by atoms with Crippen LogP contribution < -0.4 is 5.32 Å². The maximum absolute atomic E-state index is 12.5. The molecule has 6 heteroatoms. The smallest absolute Gasteiger partial charge is 0.251 e. The van der Waals surface area contributed by atoms with Gasteiger partial charge in [-0.15, -0.1) is 12.4 Å². The molecule has 2 heterocycles. The first-order valence-corrected chi connectivity index (χ1v) is 8.37. The number of carbonyl (C=O) groups excluding carboxylic acids is 1. The van der Waals surface area contributed by atoms with Gasteiger partial charge in [0.1, 0.15) is 6.10 Å². The third-order valence-corrected chi connectivity index (χ3v) is 4.48. The van der Waals surface area contributed by atoms with E-state index in [0.29, 0.717) is 12.5 Å². The molecule has 0 bridgehead atoms. The lowest BCUT2D eigenvalue weighted by molar-refractivity contribution is -0.147. The first-order valence-electron chi connectivity index (χ1n) is 8.37. The number of halogens is 1. The second-order valence-electron chi connectivity index (χ2n) is 6.31. The van der Waals surface area contributed by atoms with Crippen LogP contribution >= 0.6 is 12.4 Å². The minimum absolute atomic E-state index is 0. The summed E-state index contributed by atoms with van der Waals surface area (Å²) < 4.78 is 11.4. The van der Waals surface area contributed by atoms with Crippen molar-refractivity contribution in [2.24, 2.45) is 5.92 Å². The molecule has 3 unspecified atom stereocenters. The van der Waals surface area contributed by atoms with Crippen LogP contribution in [0.2, 0.25) is 0 Å². The summed E-state index contributed by atoms with van der Waals surface area (Å²) in [7, 11) is 1.97. The molecule has 0 saturated carbocycles. The maximum atomic E-state index is 12.5. The Kier molecular flexibility index (Phi) is 9.33. The molecule has 1 amide bonds. The summed E-state index contributed by atoms with van der Waals surface area (Å²) in [6.45, 7) is 5.94. The number of hydrogen-bond acceptors (Lipinski definition) is 4.